The molecule has 0 spiro atoms. The molecule has 0 amide bonds. The number of ether oxygens (including phenoxy) is 2. The van der Waals surface area contributed by atoms with Crippen molar-refractivity contribution < 1.29 is 14.6 Å². The molecule has 0 radical (unpaired) electrons. The number of piperidine rings is 1. The van der Waals surface area contributed by atoms with Gasteiger partial charge in [0.15, 0.2) is 5.65 Å². The van der Waals surface area contributed by atoms with Crippen molar-refractivity contribution in [2.75, 3.05) is 51.4 Å². The maximum Gasteiger partial charge on any atom is 0.177 e. The minimum Gasteiger partial charge on any atom is -0.496 e. The topological polar surface area (TPSA) is 88.3 Å². The van der Waals surface area contributed by atoms with Crippen LogP contribution in [0.2, 0.25) is 0 Å². The van der Waals surface area contributed by atoms with Crippen LogP contribution in [0.3, 0.4) is 0 Å². The number of aliphatic hydroxyl groups is 1. The van der Waals surface area contributed by atoms with E-state index in [2.05, 4.69) is 31.4 Å². The van der Waals surface area contributed by atoms with E-state index in [9.17, 15) is 5.11 Å². The molecule has 0 saturated carbocycles. The molecular formula is C29H34N6O3. The zero-order valence-corrected chi connectivity index (χ0v) is 21.8. The predicted octanol–water partition coefficient (Wildman–Crippen LogP) is 3.51. The smallest absolute Gasteiger partial charge is 0.177 e. The highest BCUT2D eigenvalue weighted by Gasteiger charge is 2.26. The number of aliphatic hydroxyl groups excluding tert-OH is 1. The average molecular weight is 515 g/mol. The van der Waals surface area contributed by atoms with Crippen LogP contribution in [0.5, 0.6) is 5.75 Å². The van der Waals surface area contributed by atoms with Gasteiger partial charge in [0.05, 0.1) is 50.2 Å². The summed E-state index contributed by atoms with van der Waals surface area (Å²) in [6.07, 6.45) is 7.92. The molecular weight excluding hydrogens is 480 g/mol. The minimum absolute atomic E-state index is 0.0937. The van der Waals surface area contributed by atoms with Gasteiger partial charge in [0.25, 0.3) is 0 Å². The van der Waals surface area contributed by atoms with Crippen LogP contribution < -0.4 is 9.64 Å². The highest BCUT2D eigenvalue weighted by Crippen LogP contribution is 2.34. The van der Waals surface area contributed by atoms with Crippen LogP contribution in [0, 0.1) is 0 Å². The van der Waals surface area contributed by atoms with Gasteiger partial charge in [-0.25, -0.2) is 9.50 Å². The van der Waals surface area contributed by atoms with Crippen molar-refractivity contribution >= 4 is 11.3 Å². The Balaban J connectivity index is 1.33. The number of aromatic nitrogens is 4. The predicted molar refractivity (Wildman–Crippen MR) is 145 cm³/mol. The summed E-state index contributed by atoms with van der Waals surface area (Å²) in [5.41, 5.74) is 6.91. The molecule has 2 aliphatic rings. The molecule has 38 heavy (non-hydrogen) atoms. The van der Waals surface area contributed by atoms with Crippen LogP contribution in [0.15, 0.2) is 55.0 Å². The fraction of sp³-hybridized carbons (Fsp3) is 0.414. The van der Waals surface area contributed by atoms with Crippen molar-refractivity contribution in [2.24, 2.45) is 0 Å². The number of nitrogens with zero attached hydrogens (tertiary/aromatic N) is 6. The van der Waals surface area contributed by atoms with Gasteiger partial charge in [0.1, 0.15) is 5.75 Å². The normalized spacial score (nSPS) is 17.3. The zero-order chi connectivity index (χ0) is 25.9. The molecule has 2 aliphatic heterocycles. The molecule has 0 aliphatic carbocycles. The van der Waals surface area contributed by atoms with E-state index in [0.29, 0.717) is 24.9 Å². The fourth-order valence-corrected chi connectivity index (χ4v) is 5.62. The first kappa shape index (κ1) is 24.8. The summed E-state index contributed by atoms with van der Waals surface area (Å²) in [6.45, 7) is 5.93. The van der Waals surface area contributed by atoms with Crippen molar-refractivity contribution in [3.63, 3.8) is 0 Å². The van der Waals surface area contributed by atoms with Gasteiger partial charge >= 0.3 is 0 Å². The number of likely N-dealkylation sites (tertiary alicyclic amines) is 1. The first-order chi connectivity index (χ1) is 18.7. The molecule has 4 aromatic rings. The van der Waals surface area contributed by atoms with E-state index in [1.165, 1.54) is 5.56 Å². The number of anilines is 1. The second-order valence-electron chi connectivity index (χ2n) is 10.0. The summed E-state index contributed by atoms with van der Waals surface area (Å²) in [6, 6.07) is 12.1. The third kappa shape index (κ3) is 4.97. The second kappa shape index (κ2) is 11.1. The van der Waals surface area contributed by atoms with Crippen molar-refractivity contribution in [3.8, 4) is 17.0 Å². The number of morpholine rings is 1. The summed E-state index contributed by atoms with van der Waals surface area (Å²) >= 11 is 0. The number of benzene rings is 1. The summed E-state index contributed by atoms with van der Waals surface area (Å²) in [5, 5.41) is 15.0. The van der Waals surface area contributed by atoms with Crippen LogP contribution in [0.4, 0.5) is 5.69 Å². The van der Waals surface area contributed by atoms with Crippen LogP contribution in [-0.2, 0) is 17.9 Å². The number of hydrogen-bond donors (Lipinski definition) is 1. The Bertz CT molecular complexity index is 1380. The number of methoxy groups -OCH3 is 1. The quantitative estimate of drug-likeness (QED) is 0.401. The Labute approximate surface area is 222 Å². The molecule has 1 aromatic carbocycles. The molecule has 3 aromatic heterocycles. The second-order valence-corrected chi connectivity index (χ2v) is 10.0. The monoisotopic (exact) mass is 514 g/mol. The molecule has 5 heterocycles. The molecule has 2 saturated heterocycles. The summed E-state index contributed by atoms with van der Waals surface area (Å²) < 4.78 is 13.1. The van der Waals surface area contributed by atoms with Gasteiger partial charge in [-0.15, -0.1) is 0 Å². The van der Waals surface area contributed by atoms with Gasteiger partial charge in [0.2, 0.25) is 0 Å². The SMILES string of the molecule is COc1ccc(-c2cc(N3CCOCC3)c3ncc(C4CCN(Cc5cccnc5)CC4)n3n2)cc1CO. The van der Waals surface area contributed by atoms with Crippen molar-refractivity contribution in [1.29, 1.82) is 0 Å². The lowest BCUT2D eigenvalue weighted by atomic mass is 9.94. The van der Waals surface area contributed by atoms with Crippen LogP contribution in [-0.4, -0.2) is 76.1 Å². The van der Waals surface area contributed by atoms with Crippen LogP contribution >= 0.6 is 0 Å². The highest BCUT2D eigenvalue weighted by atomic mass is 16.5. The van der Waals surface area contributed by atoms with Gasteiger partial charge < -0.3 is 19.5 Å². The van der Waals surface area contributed by atoms with E-state index in [4.69, 9.17) is 19.6 Å². The van der Waals surface area contributed by atoms with E-state index >= 15 is 0 Å². The largest absolute Gasteiger partial charge is 0.496 e. The molecule has 0 bridgehead atoms. The Morgan fingerprint density at radius 2 is 1.89 bits per heavy atom. The molecule has 198 valence electrons. The summed E-state index contributed by atoms with van der Waals surface area (Å²) in [5.74, 6) is 1.06. The number of imidazole rings is 1. The summed E-state index contributed by atoms with van der Waals surface area (Å²) in [7, 11) is 1.62. The van der Waals surface area contributed by atoms with Crippen molar-refractivity contribution in [2.45, 2.75) is 31.9 Å². The third-order valence-electron chi connectivity index (χ3n) is 7.71. The van der Waals surface area contributed by atoms with Crippen LogP contribution in [0.25, 0.3) is 16.9 Å². The lowest BCUT2D eigenvalue weighted by Crippen LogP contribution is -2.36. The van der Waals surface area contributed by atoms with Gasteiger partial charge in [-0.1, -0.05) is 6.07 Å². The maximum absolute atomic E-state index is 9.90. The Kier molecular flexibility index (Phi) is 7.22. The van der Waals surface area contributed by atoms with Gasteiger partial charge in [-0.3, -0.25) is 9.88 Å². The lowest BCUT2D eigenvalue weighted by molar-refractivity contribution is 0.123. The molecule has 1 N–H and O–H groups in total. The molecule has 2 fully saturated rings. The number of rotatable bonds is 7. The molecule has 9 nitrogen and oxygen atoms in total. The third-order valence-corrected chi connectivity index (χ3v) is 7.71. The lowest BCUT2D eigenvalue weighted by Gasteiger charge is -2.32. The molecule has 6 rings (SSSR count). The van der Waals surface area contributed by atoms with E-state index in [1.807, 2.05) is 42.9 Å². The van der Waals surface area contributed by atoms with Crippen molar-refractivity contribution in [3.05, 3.63) is 71.8 Å². The number of fused-ring (bicyclic) bond motifs is 1. The zero-order valence-electron chi connectivity index (χ0n) is 21.8. The maximum atomic E-state index is 9.90. The van der Waals surface area contributed by atoms with Gasteiger partial charge in [-0.2, -0.15) is 5.10 Å². The standard InChI is InChI=1S/C29H34N6O3/c1-37-28-5-4-23(15-24(28)20-36)25-16-26(34-11-13-38-14-12-34)29-31-18-27(35(29)32-25)22-6-9-33(10-7-22)19-21-3-2-8-30-17-21/h2-5,8,15-18,22,36H,6-7,9-14,19-20H2,1H3. The minimum atomic E-state index is -0.0937. The average Bonchev–Trinajstić information content (AvgIpc) is 3.42. The van der Waals surface area contributed by atoms with Gasteiger partial charge in [-0.05, 0) is 61.8 Å². The Hall–Kier alpha value is -3.53. The van der Waals surface area contributed by atoms with E-state index < -0.39 is 0 Å². The fourth-order valence-electron chi connectivity index (χ4n) is 5.62. The highest BCUT2D eigenvalue weighted by molar-refractivity contribution is 5.75. The molecule has 0 unspecified atom stereocenters. The first-order valence-corrected chi connectivity index (χ1v) is 13.3. The number of hydrogen-bond acceptors (Lipinski definition) is 8. The van der Waals surface area contributed by atoms with Crippen LogP contribution in [0.1, 0.15) is 35.6 Å². The summed E-state index contributed by atoms with van der Waals surface area (Å²) in [4.78, 5) is 14.0. The van der Waals surface area contributed by atoms with E-state index in [1.54, 1.807) is 7.11 Å². The van der Waals surface area contributed by atoms with E-state index in [0.717, 1.165) is 79.4 Å². The molecule has 0 atom stereocenters. The van der Waals surface area contributed by atoms with E-state index in [-0.39, 0.29) is 6.61 Å². The Morgan fingerprint density at radius 1 is 1.05 bits per heavy atom. The molecule has 9 heteroatoms. The van der Waals surface area contributed by atoms with Gasteiger partial charge in [0, 0.05) is 49.1 Å². The first-order valence-electron chi connectivity index (χ1n) is 13.3. The number of pyridine rings is 1. The van der Waals surface area contributed by atoms with Crippen molar-refractivity contribution in [1.82, 2.24) is 24.5 Å². The Morgan fingerprint density at radius 3 is 2.63 bits per heavy atom.